The van der Waals surface area contributed by atoms with Crippen molar-refractivity contribution in [2.24, 2.45) is 12.8 Å². The van der Waals surface area contributed by atoms with Crippen molar-refractivity contribution in [2.75, 3.05) is 6.54 Å². The molecule has 4 rings (SSSR count). The molecule has 0 atom stereocenters. The first-order valence-electron chi connectivity index (χ1n) is 8.51. The SMILES string of the molecule is Cn1c(-c2[nH]c3ccccc3c2CCCCN)nc2ccccc21. The van der Waals surface area contributed by atoms with Crippen molar-refractivity contribution in [3.05, 3.63) is 54.1 Å². The molecular formula is C20H22N4. The number of aromatic amines is 1. The molecule has 0 unspecified atom stereocenters. The summed E-state index contributed by atoms with van der Waals surface area (Å²) in [5, 5.41) is 1.29. The average molecular weight is 318 g/mol. The highest BCUT2D eigenvalue weighted by molar-refractivity contribution is 5.91. The van der Waals surface area contributed by atoms with Crippen molar-refractivity contribution in [3.63, 3.8) is 0 Å². The molecule has 0 bridgehead atoms. The van der Waals surface area contributed by atoms with Crippen LogP contribution >= 0.6 is 0 Å². The number of hydrogen-bond acceptors (Lipinski definition) is 2. The maximum atomic E-state index is 5.68. The summed E-state index contributed by atoms with van der Waals surface area (Å²) in [4.78, 5) is 8.47. The van der Waals surface area contributed by atoms with Gasteiger partial charge in [0.25, 0.3) is 0 Å². The molecule has 2 aromatic carbocycles. The van der Waals surface area contributed by atoms with Gasteiger partial charge in [0.15, 0.2) is 5.82 Å². The molecule has 0 saturated carbocycles. The van der Waals surface area contributed by atoms with E-state index < -0.39 is 0 Å². The van der Waals surface area contributed by atoms with Crippen LogP contribution in [-0.4, -0.2) is 21.1 Å². The highest BCUT2D eigenvalue weighted by Gasteiger charge is 2.17. The number of H-pyrrole nitrogens is 1. The van der Waals surface area contributed by atoms with E-state index in [1.54, 1.807) is 0 Å². The molecule has 0 fully saturated rings. The molecule has 2 aromatic heterocycles. The number of nitrogens with zero attached hydrogens (tertiary/aromatic N) is 2. The fraction of sp³-hybridized carbons (Fsp3) is 0.250. The van der Waals surface area contributed by atoms with Gasteiger partial charge >= 0.3 is 0 Å². The van der Waals surface area contributed by atoms with Crippen LogP contribution in [0.15, 0.2) is 48.5 Å². The van der Waals surface area contributed by atoms with Gasteiger partial charge < -0.3 is 15.3 Å². The fourth-order valence-corrected chi connectivity index (χ4v) is 3.47. The first-order valence-corrected chi connectivity index (χ1v) is 8.51. The summed E-state index contributed by atoms with van der Waals surface area (Å²) in [6, 6.07) is 16.8. The lowest BCUT2D eigenvalue weighted by Gasteiger charge is -2.05. The molecule has 0 aliphatic heterocycles. The molecule has 4 heteroatoms. The number of aromatic nitrogens is 3. The van der Waals surface area contributed by atoms with Crippen LogP contribution in [0.1, 0.15) is 18.4 Å². The maximum Gasteiger partial charge on any atom is 0.157 e. The lowest BCUT2D eigenvalue weighted by Crippen LogP contribution is -2.00. The Bertz CT molecular complexity index is 993. The Morgan fingerprint density at radius 3 is 2.67 bits per heavy atom. The highest BCUT2D eigenvalue weighted by atomic mass is 15.1. The van der Waals surface area contributed by atoms with Gasteiger partial charge in [0.1, 0.15) is 0 Å². The Morgan fingerprint density at radius 1 is 1.04 bits per heavy atom. The predicted octanol–water partition coefficient (Wildman–Crippen LogP) is 4.00. The molecule has 0 aliphatic rings. The number of hydrogen-bond donors (Lipinski definition) is 2. The molecule has 4 aromatic rings. The summed E-state index contributed by atoms with van der Waals surface area (Å²) in [6.45, 7) is 0.740. The molecule has 0 amide bonds. The Labute approximate surface area is 141 Å². The summed E-state index contributed by atoms with van der Waals surface area (Å²) in [5.74, 6) is 0.996. The third-order valence-electron chi connectivity index (χ3n) is 4.71. The molecule has 24 heavy (non-hydrogen) atoms. The molecule has 0 spiro atoms. The minimum absolute atomic E-state index is 0.740. The molecular weight excluding hydrogens is 296 g/mol. The quantitative estimate of drug-likeness (QED) is 0.546. The highest BCUT2D eigenvalue weighted by Crippen LogP contribution is 2.32. The number of benzene rings is 2. The predicted molar refractivity (Wildman–Crippen MR) is 100.0 cm³/mol. The first-order chi connectivity index (χ1) is 11.8. The lowest BCUT2D eigenvalue weighted by atomic mass is 10.0. The average Bonchev–Trinajstić information content (AvgIpc) is 3.14. The van der Waals surface area contributed by atoms with Crippen molar-refractivity contribution >= 4 is 21.9 Å². The number of nitrogens with two attached hydrogens (primary N) is 1. The molecule has 4 nitrogen and oxygen atoms in total. The number of aryl methyl sites for hydroxylation is 2. The molecule has 0 aliphatic carbocycles. The molecule has 0 radical (unpaired) electrons. The van der Waals surface area contributed by atoms with Gasteiger partial charge in [-0.2, -0.15) is 0 Å². The van der Waals surface area contributed by atoms with Crippen LogP contribution in [0.2, 0.25) is 0 Å². The largest absolute Gasteiger partial charge is 0.352 e. The monoisotopic (exact) mass is 318 g/mol. The van der Waals surface area contributed by atoms with Crippen molar-refractivity contribution in [3.8, 4) is 11.5 Å². The van der Waals surface area contributed by atoms with Gasteiger partial charge in [-0.15, -0.1) is 0 Å². The summed E-state index contributed by atoms with van der Waals surface area (Å²) in [5.41, 5.74) is 11.5. The van der Waals surface area contributed by atoms with E-state index in [1.165, 1.54) is 16.5 Å². The van der Waals surface area contributed by atoms with Crippen molar-refractivity contribution in [1.82, 2.24) is 14.5 Å². The molecule has 0 saturated heterocycles. The number of nitrogens with one attached hydrogen (secondary N) is 1. The van der Waals surface area contributed by atoms with E-state index in [0.29, 0.717) is 0 Å². The van der Waals surface area contributed by atoms with Crippen LogP contribution in [0.5, 0.6) is 0 Å². The molecule has 3 N–H and O–H groups in total. The number of rotatable bonds is 5. The first kappa shape index (κ1) is 15.0. The van der Waals surface area contributed by atoms with Gasteiger partial charge in [-0.05, 0) is 49.6 Å². The van der Waals surface area contributed by atoms with Gasteiger partial charge in [0.05, 0.1) is 16.7 Å². The standard InChI is InChI=1S/C20H22N4/c1-24-18-12-5-4-11-17(18)23-20(24)19-15(9-6-7-13-21)14-8-2-3-10-16(14)22-19/h2-5,8,10-12,22H,6-7,9,13,21H2,1H3. The minimum atomic E-state index is 0.740. The zero-order chi connectivity index (χ0) is 16.5. The van der Waals surface area contributed by atoms with Crippen LogP contribution in [0.4, 0.5) is 0 Å². The summed E-state index contributed by atoms with van der Waals surface area (Å²) in [7, 11) is 2.08. The zero-order valence-corrected chi connectivity index (χ0v) is 13.9. The van der Waals surface area contributed by atoms with Crippen LogP contribution in [0, 0.1) is 0 Å². The van der Waals surface area contributed by atoms with E-state index in [2.05, 4.69) is 59.1 Å². The van der Waals surface area contributed by atoms with Crippen LogP contribution in [0.25, 0.3) is 33.5 Å². The van der Waals surface area contributed by atoms with E-state index in [-0.39, 0.29) is 0 Å². The van der Waals surface area contributed by atoms with Gasteiger partial charge in [-0.3, -0.25) is 0 Å². The number of imidazole rings is 1. The van der Waals surface area contributed by atoms with Gasteiger partial charge in [-0.1, -0.05) is 30.3 Å². The van der Waals surface area contributed by atoms with E-state index in [4.69, 9.17) is 10.7 Å². The van der Waals surface area contributed by atoms with Crippen LogP contribution in [-0.2, 0) is 13.5 Å². The summed E-state index contributed by atoms with van der Waals surface area (Å²) in [6.07, 6.45) is 3.15. The van der Waals surface area contributed by atoms with Crippen molar-refractivity contribution < 1.29 is 0 Å². The van der Waals surface area contributed by atoms with E-state index in [9.17, 15) is 0 Å². The zero-order valence-electron chi connectivity index (χ0n) is 13.9. The Morgan fingerprint density at radius 2 is 1.83 bits per heavy atom. The number of para-hydroxylation sites is 3. The normalized spacial score (nSPS) is 11.6. The summed E-state index contributed by atoms with van der Waals surface area (Å²) < 4.78 is 2.17. The second-order valence-corrected chi connectivity index (χ2v) is 6.25. The maximum absolute atomic E-state index is 5.68. The van der Waals surface area contributed by atoms with Gasteiger partial charge in [0.2, 0.25) is 0 Å². The van der Waals surface area contributed by atoms with Crippen LogP contribution < -0.4 is 5.73 Å². The van der Waals surface area contributed by atoms with Crippen molar-refractivity contribution in [1.29, 1.82) is 0 Å². The topological polar surface area (TPSA) is 59.6 Å². The molecule has 122 valence electrons. The lowest BCUT2D eigenvalue weighted by molar-refractivity contribution is 0.747. The third-order valence-corrected chi connectivity index (χ3v) is 4.71. The van der Waals surface area contributed by atoms with E-state index >= 15 is 0 Å². The van der Waals surface area contributed by atoms with Gasteiger partial charge in [0, 0.05) is 18.0 Å². The smallest absolute Gasteiger partial charge is 0.157 e. The van der Waals surface area contributed by atoms with E-state index in [1.807, 2.05) is 6.07 Å². The van der Waals surface area contributed by atoms with E-state index in [0.717, 1.165) is 48.4 Å². The Kier molecular flexibility index (Phi) is 3.82. The third kappa shape index (κ3) is 2.39. The molecule has 2 heterocycles. The second kappa shape index (κ2) is 6.13. The number of fused-ring (bicyclic) bond motifs is 2. The summed E-state index contributed by atoms with van der Waals surface area (Å²) >= 11 is 0. The second-order valence-electron chi connectivity index (χ2n) is 6.25. The minimum Gasteiger partial charge on any atom is -0.352 e. The fourth-order valence-electron chi connectivity index (χ4n) is 3.47. The Balaban J connectivity index is 1.91. The van der Waals surface area contributed by atoms with Gasteiger partial charge in [-0.25, -0.2) is 4.98 Å². The Hall–Kier alpha value is -2.59. The van der Waals surface area contributed by atoms with Crippen molar-refractivity contribution in [2.45, 2.75) is 19.3 Å². The van der Waals surface area contributed by atoms with Crippen LogP contribution in [0.3, 0.4) is 0 Å². The number of unbranched alkanes of at least 4 members (excludes halogenated alkanes) is 1.